The molecule has 3 aromatic heterocycles. The Kier molecular flexibility index (Phi) is 2.34. The van der Waals surface area contributed by atoms with Crippen LogP contribution in [0.4, 0.5) is 11.8 Å². The molecule has 17 heavy (non-hydrogen) atoms. The van der Waals surface area contributed by atoms with E-state index < -0.39 is 0 Å². The van der Waals surface area contributed by atoms with E-state index in [0.29, 0.717) is 17.4 Å². The van der Waals surface area contributed by atoms with E-state index in [2.05, 4.69) is 25.3 Å². The van der Waals surface area contributed by atoms with Gasteiger partial charge in [-0.1, -0.05) is 6.07 Å². The molecule has 0 radical (unpaired) electrons. The molecule has 0 spiro atoms. The van der Waals surface area contributed by atoms with Gasteiger partial charge in [-0.3, -0.25) is 0 Å². The maximum atomic E-state index is 4.30. The van der Waals surface area contributed by atoms with Crippen molar-refractivity contribution < 1.29 is 0 Å². The minimum atomic E-state index is 0.495. The fraction of sp³-hybridized carbons (Fsp3) is 0. The molecule has 0 bridgehead atoms. The first-order valence-electron chi connectivity index (χ1n) is 5.18. The third kappa shape index (κ3) is 2.03. The molecule has 5 heteroatoms. The van der Waals surface area contributed by atoms with Gasteiger partial charge in [0, 0.05) is 24.0 Å². The summed E-state index contributed by atoms with van der Waals surface area (Å²) in [7, 11) is 0. The van der Waals surface area contributed by atoms with Crippen molar-refractivity contribution in [2.75, 3.05) is 5.32 Å². The number of anilines is 2. The van der Waals surface area contributed by atoms with E-state index in [9.17, 15) is 0 Å². The Morgan fingerprint density at radius 3 is 2.71 bits per heavy atom. The maximum Gasteiger partial charge on any atom is 0.230 e. The quantitative estimate of drug-likeness (QED) is 0.721. The topological polar surface area (TPSA) is 63.6 Å². The number of fused-ring (bicyclic) bond motifs is 1. The molecule has 0 saturated carbocycles. The monoisotopic (exact) mass is 223 g/mol. The molecule has 0 aliphatic heterocycles. The number of aromatic nitrogens is 4. The van der Waals surface area contributed by atoms with Gasteiger partial charge in [0.25, 0.3) is 0 Å². The van der Waals surface area contributed by atoms with Crippen molar-refractivity contribution in [3.05, 3.63) is 48.9 Å². The van der Waals surface area contributed by atoms with Gasteiger partial charge >= 0.3 is 0 Å². The molecule has 3 aromatic rings. The lowest BCUT2D eigenvalue weighted by Gasteiger charge is -2.03. The summed E-state index contributed by atoms with van der Waals surface area (Å²) in [5.74, 6) is 1.21. The van der Waals surface area contributed by atoms with Crippen LogP contribution in [0.1, 0.15) is 0 Å². The zero-order chi connectivity index (χ0) is 11.5. The Bertz CT molecular complexity index is 638. The molecular weight excluding hydrogens is 214 g/mol. The van der Waals surface area contributed by atoms with E-state index in [-0.39, 0.29) is 0 Å². The highest BCUT2D eigenvalue weighted by Crippen LogP contribution is 2.12. The largest absolute Gasteiger partial charge is 0.309 e. The Labute approximate surface area is 97.6 Å². The average Bonchev–Trinajstić information content (AvgIpc) is 2.40. The van der Waals surface area contributed by atoms with Crippen molar-refractivity contribution in [3.63, 3.8) is 0 Å². The summed E-state index contributed by atoms with van der Waals surface area (Å²) in [6.45, 7) is 0. The zero-order valence-corrected chi connectivity index (χ0v) is 8.91. The second kappa shape index (κ2) is 4.13. The summed E-state index contributed by atoms with van der Waals surface area (Å²) in [5.41, 5.74) is 0.668. The molecule has 0 fully saturated rings. The maximum absolute atomic E-state index is 4.30. The number of nitrogens with zero attached hydrogens (tertiary/aromatic N) is 4. The summed E-state index contributed by atoms with van der Waals surface area (Å²) in [4.78, 5) is 16.8. The summed E-state index contributed by atoms with van der Waals surface area (Å²) in [6, 6.07) is 9.39. The molecule has 3 heterocycles. The van der Waals surface area contributed by atoms with Crippen molar-refractivity contribution in [2.24, 2.45) is 0 Å². The zero-order valence-electron chi connectivity index (χ0n) is 8.91. The predicted molar refractivity (Wildman–Crippen MR) is 64.9 cm³/mol. The molecule has 82 valence electrons. The number of hydrogen-bond acceptors (Lipinski definition) is 5. The van der Waals surface area contributed by atoms with Gasteiger partial charge in [0.1, 0.15) is 5.82 Å². The molecule has 0 unspecified atom stereocenters. The Balaban J connectivity index is 1.96. The molecule has 3 rings (SSSR count). The molecule has 5 nitrogen and oxygen atoms in total. The van der Waals surface area contributed by atoms with Crippen LogP contribution in [0.15, 0.2) is 48.9 Å². The van der Waals surface area contributed by atoms with Gasteiger partial charge in [-0.05, 0) is 24.3 Å². The summed E-state index contributed by atoms with van der Waals surface area (Å²) in [5, 5.41) is 3.94. The summed E-state index contributed by atoms with van der Waals surface area (Å²) >= 11 is 0. The van der Waals surface area contributed by atoms with Crippen LogP contribution in [0.5, 0.6) is 0 Å². The lowest BCUT2D eigenvalue weighted by molar-refractivity contribution is 1.16. The van der Waals surface area contributed by atoms with Crippen molar-refractivity contribution in [3.8, 4) is 0 Å². The van der Waals surface area contributed by atoms with Crippen molar-refractivity contribution in [1.82, 2.24) is 19.9 Å². The first kappa shape index (κ1) is 9.65. The van der Waals surface area contributed by atoms with Crippen LogP contribution in [-0.4, -0.2) is 19.9 Å². The summed E-state index contributed by atoms with van der Waals surface area (Å²) < 4.78 is 0. The van der Waals surface area contributed by atoms with Crippen LogP contribution in [0.25, 0.3) is 11.0 Å². The fourth-order valence-corrected chi connectivity index (χ4v) is 1.47. The minimum Gasteiger partial charge on any atom is -0.309 e. The number of hydrogen-bond donors (Lipinski definition) is 1. The number of pyridine rings is 2. The third-order valence-corrected chi connectivity index (χ3v) is 2.26. The molecule has 0 aliphatic rings. The second-order valence-electron chi connectivity index (χ2n) is 3.45. The number of rotatable bonds is 2. The molecule has 0 atom stereocenters. The van der Waals surface area contributed by atoms with E-state index in [1.54, 1.807) is 18.6 Å². The fourth-order valence-electron chi connectivity index (χ4n) is 1.47. The van der Waals surface area contributed by atoms with Crippen LogP contribution in [0.2, 0.25) is 0 Å². The predicted octanol–water partition coefficient (Wildman–Crippen LogP) is 2.16. The van der Waals surface area contributed by atoms with Gasteiger partial charge in [0.05, 0.1) is 0 Å². The molecule has 0 aromatic carbocycles. The summed E-state index contributed by atoms with van der Waals surface area (Å²) in [6.07, 6.45) is 5.15. The van der Waals surface area contributed by atoms with Crippen LogP contribution in [0, 0.1) is 0 Å². The highest BCUT2D eigenvalue weighted by atomic mass is 15.1. The van der Waals surface area contributed by atoms with Gasteiger partial charge in [0.15, 0.2) is 5.65 Å². The SMILES string of the molecule is c1ccc(Nc2ncc3cccnc3n2)nc1. The second-order valence-corrected chi connectivity index (χ2v) is 3.45. The molecule has 0 amide bonds. The molecule has 0 aliphatic carbocycles. The van der Waals surface area contributed by atoms with E-state index in [1.165, 1.54) is 0 Å². The first-order chi connectivity index (χ1) is 8.42. The minimum absolute atomic E-state index is 0.495. The standard InChI is InChI=1S/C12H9N5/c1-2-6-13-10(5-1)16-12-15-8-9-4-3-7-14-11(9)17-12/h1-8H,(H,13,14,15,16,17). The van der Waals surface area contributed by atoms with Crippen LogP contribution < -0.4 is 5.32 Å². The Morgan fingerprint density at radius 1 is 0.882 bits per heavy atom. The third-order valence-electron chi connectivity index (χ3n) is 2.26. The van der Waals surface area contributed by atoms with Crippen LogP contribution in [0.3, 0.4) is 0 Å². The van der Waals surface area contributed by atoms with Gasteiger partial charge in [-0.15, -0.1) is 0 Å². The lowest BCUT2D eigenvalue weighted by Crippen LogP contribution is -1.98. The Morgan fingerprint density at radius 2 is 1.82 bits per heavy atom. The number of nitrogens with one attached hydrogen (secondary N) is 1. The van der Waals surface area contributed by atoms with Crippen molar-refractivity contribution >= 4 is 22.8 Å². The highest BCUT2D eigenvalue weighted by molar-refractivity contribution is 5.74. The highest BCUT2D eigenvalue weighted by Gasteiger charge is 2.00. The average molecular weight is 223 g/mol. The lowest BCUT2D eigenvalue weighted by atomic mass is 10.3. The van der Waals surface area contributed by atoms with Crippen molar-refractivity contribution in [2.45, 2.75) is 0 Å². The van der Waals surface area contributed by atoms with Crippen molar-refractivity contribution in [1.29, 1.82) is 0 Å². The van der Waals surface area contributed by atoms with Gasteiger partial charge in [-0.2, -0.15) is 4.98 Å². The van der Waals surface area contributed by atoms with E-state index in [4.69, 9.17) is 0 Å². The smallest absolute Gasteiger partial charge is 0.230 e. The van der Waals surface area contributed by atoms with E-state index in [0.717, 1.165) is 5.39 Å². The normalized spacial score (nSPS) is 10.4. The van der Waals surface area contributed by atoms with E-state index >= 15 is 0 Å². The van der Waals surface area contributed by atoms with Gasteiger partial charge < -0.3 is 5.32 Å². The van der Waals surface area contributed by atoms with Crippen LogP contribution >= 0.6 is 0 Å². The van der Waals surface area contributed by atoms with E-state index in [1.807, 2.05) is 30.3 Å². The Hall–Kier alpha value is -2.56. The first-order valence-corrected chi connectivity index (χ1v) is 5.18. The molecule has 0 saturated heterocycles. The van der Waals surface area contributed by atoms with Gasteiger partial charge in [0.2, 0.25) is 5.95 Å². The molecular formula is C12H9N5. The van der Waals surface area contributed by atoms with Crippen LogP contribution in [-0.2, 0) is 0 Å². The van der Waals surface area contributed by atoms with Gasteiger partial charge in [-0.25, -0.2) is 15.0 Å². The molecule has 1 N–H and O–H groups in total.